The summed E-state index contributed by atoms with van der Waals surface area (Å²) >= 11 is 11.8. The molecule has 0 spiro atoms. The van der Waals surface area contributed by atoms with E-state index < -0.39 is 61.6 Å². The number of carboxylic acid groups (broad SMARTS) is 1. The van der Waals surface area contributed by atoms with E-state index in [1.54, 1.807) is 40.3 Å². The number of nitrogens with zero attached hydrogens (tertiary/aromatic N) is 2. The number of benzene rings is 4. The third-order valence-electron chi connectivity index (χ3n) is 13.0. The van der Waals surface area contributed by atoms with Crippen LogP contribution < -0.4 is 50.3 Å². The van der Waals surface area contributed by atoms with Gasteiger partial charge in [0.15, 0.2) is 9.76 Å². The van der Waals surface area contributed by atoms with E-state index in [-0.39, 0.29) is 116 Å². The van der Waals surface area contributed by atoms with Crippen molar-refractivity contribution in [1.82, 2.24) is 9.13 Å². The van der Waals surface area contributed by atoms with Crippen molar-refractivity contribution >= 4 is 66.7 Å². The number of halogens is 5. The predicted molar refractivity (Wildman–Crippen MR) is 278 cm³/mol. The number of ether oxygens (including phenoxy) is 2. The molecule has 6 aromatic rings. The molecule has 0 radical (unpaired) electrons. The van der Waals surface area contributed by atoms with E-state index in [9.17, 15) is 38.2 Å². The van der Waals surface area contributed by atoms with Crippen LogP contribution in [0.4, 0.5) is 13.2 Å². The minimum atomic E-state index is -1.36. The fourth-order valence-electron chi connectivity index (χ4n) is 7.96. The van der Waals surface area contributed by atoms with Crippen molar-refractivity contribution in [2.24, 2.45) is 17.8 Å². The summed E-state index contributed by atoms with van der Waals surface area (Å²) in [6, 6.07) is 14.3. The number of carboxylic acids is 1. The zero-order chi connectivity index (χ0) is 53.9. The van der Waals surface area contributed by atoms with Crippen molar-refractivity contribution in [1.29, 1.82) is 0 Å². The largest absolute Gasteiger partial charge is 1.00 e. The molecule has 0 bridgehead atoms. The summed E-state index contributed by atoms with van der Waals surface area (Å²) in [5, 5.41) is 28.0. The molecule has 2 heterocycles. The third kappa shape index (κ3) is 14.9. The maximum absolute atomic E-state index is 15.5. The van der Waals surface area contributed by atoms with Gasteiger partial charge in [-0.2, -0.15) is 7.11 Å². The Morgan fingerprint density at radius 3 is 1.71 bits per heavy atom. The molecule has 4 aromatic carbocycles. The van der Waals surface area contributed by atoms with Crippen molar-refractivity contribution < 1.29 is 81.5 Å². The van der Waals surface area contributed by atoms with Crippen LogP contribution in [0.2, 0.25) is 15.1 Å². The molecule has 0 aliphatic rings. The van der Waals surface area contributed by atoms with Crippen LogP contribution in [0.25, 0.3) is 21.8 Å². The van der Waals surface area contributed by atoms with Crippen LogP contribution in [0.3, 0.4) is 0 Å². The van der Waals surface area contributed by atoms with E-state index in [1.807, 2.05) is 27.7 Å². The second kappa shape index (κ2) is 27.9. The Morgan fingerprint density at radius 2 is 1.23 bits per heavy atom. The number of carbonyl (C=O) groups excluding carboxylic acids is 1. The standard InChI is InChI=1S/C30H38ClF2NO4Si.C23H23ClFNO5.CH3O.Na/c1-8-37-29(36)22-15-34(26(17(2)3)16-38-39-30(6,7)18(4)5)25-14-24(32)20(13-21(25)28(22)35)12-19-10-9-11-23(31)27(19)33;1-12(2)19(11-27)26-10-16(23(29)30)22(28)15-8-14(20(31-3)9-18(15)26)7-13-5-4-6-17(24)21(13)25;1-2;/h9-11,13-15,17-18,26H,8,12,16,39H2,1-7H3;4-6,8-10,12,19,27H,7,11H2,1-3H3,(H,29,30);1H3;/q;;-1;+1/t26-;19-;;/m11../s1. The van der Waals surface area contributed by atoms with Gasteiger partial charge >= 0.3 is 41.5 Å². The summed E-state index contributed by atoms with van der Waals surface area (Å²) < 4.78 is 64.9. The van der Waals surface area contributed by atoms with Crippen LogP contribution in [0.1, 0.15) is 117 Å². The van der Waals surface area contributed by atoms with E-state index in [4.69, 9.17) is 42.2 Å². The second-order valence-electron chi connectivity index (χ2n) is 19.0. The maximum atomic E-state index is 15.5. The van der Waals surface area contributed by atoms with Gasteiger partial charge in [-0.25, -0.2) is 22.8 Å². The number of carbonyl (C=O) groups is 2. The molecular formula is C54H64Cl2F3N2NaO10Si. The quantitative estimate of drug-likeness (QED) is 0.0669. The zero-order valence-electron chi connectivity index (χ0n) is 43.5. The first-order chi connectivity index (χ1) is 34.0. The summed E-state index contributed by atoms with van der Waals surface area (Å²) in [7, 11) is 1.28. The normalized spacial score (nSPS) is 12.4. The molecule has 12 nitrogen and oxygen atoms in total. The van der Waals surface area contributed by atoms with E-state index in [1.165, 1.54) is 55.9 Å². The smallest absolute Gasteiger partial charge is 0.857 e. The molecule has 73 heavy (non-hydrogen) atoms. The van der Waals surface area contributed by atoms with E-state index in [0.717, 1.165) is 7.11 Å². The van der Waals surface area contributed by atoms with Crippen molar-refractivity contribution in [3.8, 4) is 5.75 Å². The monoisotopic (exact) mass is 1080 g/mol. The number of aliphatic hydroxyl groups excluding tert-OH is 1. The molecule has 0 unspecified atom stereocenters. The van der Waals surface area contributed by atoms with Gasteiger partial charge in [0, 0.05) is 42.1 Å². The minimum Gasteiger partial charge on any atom is -0.857 e. The van der Waals surface area contributed by atoms with Crippen LogP contribution in [-0.2, 0) is 22.0 Å². The van der Waals surface area contributed by atoms with Crippen molar-refractivity contribution in [3.05, 3.63) is 154 Å². The number of aromatic nitrogens is 2. The number of aromatic carboxylic acids is 1. The maximum Gasteiger partial charge on any atom is 1.00 e. The molecule has 0 saturated heterocycles. The first-order valence-corrected chi connectivity index (χ1v) is 25.5. The molecule has 0 saturated carbocycles. The Bertz CT molecular complexity index is 3020. The summed E-state index contributed by atoms with van der Waals surface area (Å²) in [6.07, 6.45) is 2.70. The Labute approximate surface area is 458 Å². The van der Waals surface area contributed by atoms with Gasteiger partial charge in [0.2, 0.25) is 10.9 Å². The third-order valence-corrected chi connectivity index (χ3v) is 15.5. The number of esters is 1. The molecule has 0 aliphatic carbocycles. The Balaban J connectivity index is 0.000000376. The van der Waals surface area contributed by atoms with Gasteiger partial charge in [0.25, 0.3) is 0 Å². The topological polar surface area (TPSA) is 169 Å². The van der Waals surface area contributed by atoms with Crippen molar-refractivity contribution in [3.63, 3.8) is 0 Å². The molecule has 0 amide bonds. The fourth-order valence-corrected chi connectivity index (χ4v) is 9.57. The van der Waals surface area contributed by atoms with Gasteiger partial charge in [-0.3, -0.25) is 9.59 Å². The van der Waals surface area contributed by atoms with Crippen LogP contribution in [0.5, 0.6) is 5.75 Å². The van der Waals surface area contributed by atoms with Gasteiger partial charge in [-0.05, 0) is 82.3 Å². The first-order valence-electron chi connectivity index (χ1n) is 23.5. The molecular weight excluding hydrogens is 1020 g/mol. The zero-order valence-corrected chi connectivity index (χ0v) is 48.4. The summed E-state index contributed by atoms with van der Waals surface area (Å²) in [4.78, 5) is 50.9. The van der Waals surface area contributed by atoms with Crippen molar-refractivity contribution in [2.75, 3.05) is 34.0 Å². The summed E-state index contributed by atoms with van der Waals surface area (Å²) in [5.41, 5.74) is 0.148. The fraction of sp³-hybridized carbons (Fsp3) is 0.407. The van der Waals surface area contributed by atoms with Gasteiger partial charge in [-0.1, -0.05) is 103 Å². The van der Waals surface area contributed by atoms with Gasteiger partial charge < -0.3 is 38.4 Å². The van der Waals surface area contributed by atoms with Gasteiger partial charge in [0.1, 0.15) is 34.3 Å². The minimum absolute atomic E-state index is 0. The number of methoxy groups -OCH3 is 1. The predicted octanol–water partition coefficient (Wildman–Crippen LogP) is 7.11. The van der Waals surface area contributed by atoms with Gasteiger partial charge in [0.05, 0.1) is 60.1 Å². The number of pyridine rings is 2. The van der Waals surface area contributed by atoms with Crippen LogP contribution in [-0.4, -0.2) is 75.1 Å². The van der Waals surface area contributed by atoms with Crippen LogP contribution in [0.15, 0.2) is 82.6 Å². The van der Waals surface area contributed by atoms with E-state index in [0.29, 0.717) is 40.4 Å². The Morgan fingerprint density at radius 1 is 0.753 bits per heavy atom. The molecule has 6 rings (SSSR count). The number of hydrogen-bond donors (Lipinski definition) is 2. The number of rotatable bonds is 18. The summed E-state index contributed by atoms with van der Waals surface area (Å²) in [6.45, 7) is 18.4. The molecule has 2 atom stereocenters. The second-order valence-corrected chi connectivity index (χ2v) is 22.3. The molecule has 2 aromatic heterocycles. The van der Waals surface area contributed by atoms with Crippen molar-refractivity contribution in [2.45, 2.75) is 92.3 Å². The molecule has 0 aliphatic heterocycles. The van der Waals surface area contributed by atoms with E-state index in [2.05, 4.69) is 27.7 Å². The average Bonchev–Trinajstić information content (AvgIpc) is 3.33. The Hall–Kier alpha value is -4.49. The summed E-state index contributed by atoms with van der Waals surface area (Å²) in [5.74, 6) is -3.02. The van der Waals surface area contributed by atoms with E-state index >= 15 is 4.39 Å². The number of aliphatic hydroxyl groups is 1. The first kappa shape index (κ1) is 62.8. The molecule has 0 fully saturated rings. The number of fused-ring (bicyclic) bond motifs is 2. The molecule has 19 heteroatoms. The molecule has 390 valence electrons. The average molecular weight is 1080 g/mol. The SMILES string of the molecule is CCOC(=O)c1cn([C@H](CO[SiH2]C(C)(C)C(C)C)C(C)C)c2cc(F)c(Cc3cccc(Cl)c3F)cc2c1=O.COc1cc2c(cc1Cc1cccc(Cl)c1F)c(=O)c(C(=O)O)cn2[C@H](CO)C(C)C.C[O-].[Na+]. The number of hydrogen-bond acceptors (Lipinski definition) is 9. The van der Waals surface area contributed by atoms with Gasteiger partial charge in [-0.15, -0.1) is 0 Å². The Kier molecular flexibility index (Phi) is 24.0. The van der Waals surface area contributed by atoms with Crippen LogP contribution >= 0.6 is 23.2 Å². The molecule has 2 N–H and O–H groups in total. The van der Waals surface area contributed by atoms with Crippen LogP contribution in [0, 0.1) is 35.2 Å².